The number of pyridine rings is 1. The molecule has 1 aliphatic heterocycles. The SMILES string of the molecule is C#CCNC(=O)n1c(C)cc2cc(Oc3ccnc4cc(C(=O)N5CCCC5(OC)OC)sc34)ccc21. The molecule has 0 bridgehead atoms. The smallest absolute Gasteiger partial charge is 0.327 e. The van der Waals surface area contributed by atoms with Gasteiger partial charge in [0.05, 0.1) is 27.2 Å². The number of thiophene rings is 1. The monoisotopic (exact) mass is 518 g/mol. The standard InChI is InChI=1S/C27H26N4O5S/c1-5-11-29-26(33)31-17(2)14-18-15-19(7-8-21(18)31)36-22-9-12-28-20-16-23(37-24(20)22)25(32)30-13-6-10-27(30,34-3)35-4/h1,7-9,12,14-16H,6,10-11,13H2,2-4H3,(H,29,33). The van der Waals surface area contributed by atoms with Crippen LogP contribution in [0.3, 0.4) is 0 Å². The Hall–Kier alpha value is -3.91. The molecule has 0 unspecified atom stereocenters. The van der Waals surface area contributed by atoms with E-state index >= 15 is 0 Å². The van der Waals surface area contributed by atoms with Crippen molar-refractivity contribution in [1.29, 1.82) is 0 Å². The third-order valence-corrected chi connectivity index (χ3v) is 7.61. The van der Waals surface area contributed by atoms with Crippen LogP contribution in [0, 0.1) is 19.3 Å². The number of aromatic nitrogens is 2. The molecule has 1 saturated heterocycles. The zero-order valence-electron chi connectivity index (χ0n) is 20.7. The summed E-state index contributed by atoms with van der Waals surface area (Å²) in [6.07, 6.45) is 8.31. The van der Waals surface area contributed by atoms with E-state index < -0.39 is 5.91 Å². The molecule has 4 aromatic rings. The highest BCUT2D eigenvalue weighted by Crippen LogP contribution is 2.38. The van der Waals surface area contributed by atoms with E-state index in [1.54, 1.807) is 48.1 Å². The molecule has 1 fully saturated rings. The largest absolute Gasteiger partial charge is 0.456 e. The number of aryl methyl sites for hydroxylation is 1. The van der Waals surface area contributed by atoms with Gasteiger partial charge in [0.15, 0.2) is 0 Å². The molecule has 0 atom stereocenters. The summed E-state index contributed by atoms with van der Waals surface area (Å²) >= 11 is 1.32. The number of carbonyl (C=O) groups excluding carboxylic acids is 2. The normalized spacial score (nSPS) is 14.7. The van der Waals surface area contributed by atoms with Crippen LogP contribution in [0.1, 0.15) is 28.2 Å². The summed E-state index contributed by atoms with van der Waals surface area (Å²) in [6, 6.07) is 10.7. The highest BCUT2D eigenvalue weighted by Gasteiger charge is 2.45. The number of hydrogen-bond acceptors (Lipinski definition) is 7. The summed E-state index contributed by atoms with van der Waals surface area (Å²) in [7, 11) is 3.09. The lowest BCUT2D eigenvalue weighted by atomic mass is 10.2. The van der Waals surface area contributed by atoms with Crippen LogP contribution >= 0.6 is 11.3 Å². The molecule has 3 aromatic heterocycles. The van der Waals surface area contributed by atoms with Gasteiger partial charge in [-0.1, -0.05) is 5.92 Å². The Kier molecular flexibility index (Phi) is 6.60. The van der Waals surface area contributed by atoms with Crippen LogP contribution in [-0.4, -0.2) is 59.6 Å². The fourth-order valence-electron chi connectivity index (χ4n) is 4.76. The predicted molar refractivity (Wildman–Crippen MR) is 141 cm³/mol. The third-order valence-electron chi connectivity index (χ3n) is 6.48. The average molecular weight is 519 g/mol. The first kappa shape index (κ1) is 24.8. The number of hydrogen-bond donors (Lipinski definition) is 1. The van der Waals surface area contributed by atoms with Crippen LogP contribution in [0.2, 0.25) is 0 Å². The first-order valence-corrected chi connectivity index (χ1v) is 12.5. The first-order chi connectivity index (χ1) is 17.9. The maximum atomic E-state index is 13.4. The van der Waals surface area contributed by atoms with Gasteiger partial charge in [-0.15, -0.1) is 17.8 Å². The Morgan fingerprint density at radius 2 is 2.03 bits per heavy atom. The van der Waals surface area contributed by atoms with E-state index in [1.807, 2.05) is 25.1 Å². The zero-order valence-corrected chi connectivity index (χ0v) is 21.6. The summed E-state index contributed by atoms with van der Waals surface area (Å²) in [5.74, 6) is 2.37. The fraction of sp³-hybridized carbons (Fsp3) is 0.296. The molecule has 1 aliphatic rings. The van der Waals surface area contributed by atoms with E-state index in [0.717, 1.165) is 27.7 Å². The zero-order chi connectivity index (χ0) is 26.2. The topological polar surface area (TPSA) is 94.9 Å². The molecule has 0 spiro atoms. The Bertz CT molecular complexity index is 1550. The van der Waals surface area contributed by atoms with E-state index in [9.17, 15) is 9.59 Å². The van der Waals surface area contributed by atoms with Gasteiger partial charge in [-0.2, -0.15) is 0 Å². The number of methoxy groups -OCH3 is 2. The van der Waals surface area contributed by atoms with Gasteiger partial charge >= 0.3 is 6.03 Å². The predicted octanol–water partition coefficient (Wildman–Crippen LogP) is 4.73. The molecule has 2 amide bonds. The molecule has 10 heteroatoms. The lowest BCUT2D eigenvalue weighted by Crippen LogP contribution is -2.50. The van der Waals surface area contributed by atoms with Crippen molar-refractivity contribution >= 4 is 44.4 Å². The number of amides is 2. The van der Waals surface area contributed by atoms with Crippen LogP contribution in [0.15, 0.2) is 42.6 Å². The molecule has 0 saturated carbocycles. The number of nitrogens with one attached hydrogen (secondary N) is 1. The summed E-state index contributed by atoms with van der Waals surface area (Å²) in [5.41, 5.74) is 2.19. The molecule has 9 nitrogen and oxygen atoms in total. The molecule has 1 N–H and O–H groups in total. The van der Waals surface area contributed by atoms with Crippen molar-refractivity contribution in [2.24, 2.45) is 0 Å². The lowest BCUT2D eigenvalue weighted by Gasteiger charge is -2.34. The van der Waals surface area contributed by atoms with Gasteiger partial charge in [0, 0.05) is 50.5 Å². The van der Waals surface area contributed by atoms with Crippen LogP contribution in [0.5, 0.6) is 11.5 Å². The molecule has 0 radical (unpaired) electrons. The second-order valence-electron chi connectivity index (χ2n) is 8.62. The van der Waals surface area contributed by atoms with Gasteiger partial charge in [-0.05, 0) is 43.7 Å². The maximum absolute atomic E-state index is 13.4. The Labute approximate surface area is 217 Å². The molecule has 5 rings (SSSR count). The average Bonchev–Trinajstić information content (AvgIpc) is 3.61. The van der Waals surface area contributed by atoms with Gasteiger partial charge in [-0.25, -0.2) is 4.79 Å². The fourth-order valence-corrected chi connectivity index (χ4v) is 5.78. The summed E-state index contributed by atoms with van der Waals surface area (Å²) in [4.78, 5) is 32.5. The van der Waals surface area contributed by atoms with Crippen molar-refractivity contribution in [3.63, 3.8) is 0 Å². The van der Waals surface area contributed by atoms with Crippen molar-refractivity contribution in [3.8, 4) is 23.8 Å². The first-order valence-electron chi connectivity index (χ1n) is 11.7. The Morgan fingerprint density at radius 1 is 1.22 bits per heavy atom. The number of nitrogens with zero attached hydrogens (tertiary/aromatic N) is 3. The molecule has 190 valence electrons. The highest BCUT2D eigenvalue weighted by molar-refractivity contribution is 7.21. The van der Waals surface area contributed by atoms with Gasteiger partial charge in [0.1, 0.15) is 11.5 Å². The van der Waals surface area contributed by atoms with E-state index in [4.69, 9.17) is 20.6 Å². The van der Waals surface area contributed by atoms with Gasteiger partial charge in [0.2, 0.25) is 0 Å². The van der Waals surface area contributed by atoms with Crippen molar-refractivity contribution in [2.75, 3.05) is 27.3 Å². The van der Waals surface area contributed by atoms with Crippen molar-refractivity contribution < 1.29 is 23.8 Å². The molecular weight excluding hydrogens is 492 g/mol. The summed E-state index contributed by atoms with van der Waals surface area (Å²) < 4.78 is 19.7. The van der Waals surface area contributed by atoms with E-state index in [0.29, 0.717) is 34.9 Å². The van der Waals surface area contributed by atoms with Crippen LogP contribution < -0.4 is 10.1 Å². The molecule has 37 heavy (non-hydrogen) atoms. The number of benzene rings is 1. The second-order valence-corrected chi connectivity index (χ2v) is 9.67. The van der Waals surface area contributed by atoms with E-state index in [1.165, 1.54) is 11.3 Å². The van der Waals surface area contributed by atoms with Crippen LogP contribution in [-0.2, 0) is 9.47 Å². The minimum Gasteiger partial charge on any atom is -0.456 e. The van der Waals surface area contributed by atoms with Crippen molar-refractivity contribution in [3.05, 3.63) is 53.2 Å². The number of fused-ring (bicyclic) bond motifs is 2. The van der Waals surface area contributed by atoms with Gasteiger partial charge in [0.25, 0.3) is 11.8 Å². The quantitative estimate of drug-likeness (QED) is 0.293. The second kappa shape index (κ2) is 9.86. The minimum absolute atomic E-state index is 0.151. The van der Waals surface area contributed by atoms with Gasteiger partial charge in [-0.3, -0.25) is 19.2 Å². The molecule has 0 aliphatic carbocycles. The maximum Gasteiger partial charge on any atom is 0.327 e. The van der Waals surface area contributed by atoms with Gasteiger partial charge < -0.3 is 19.5 Å². The van der Waals surface area contributed by atoms with Crippen LogP contribution in [0.4, 0.5) is 4.79 Å². The summed E-state index contributed by atoms with van der Waals surface area (Å²) in [6.45, 7) is 2.55. The van der Waals surface area contributed by atoms with E-state index in [2.05, 4.69) is 16.2 Å². The van der Waals surface area contributed by atoms with Crippen molar-refractivity contribution in [2.45, 2.75) is 25.7 Å². The number of carbonyl (C=O) groups is 2. The Balaban J connectivity index is 1.44. The molecule has 4 heterocycles. The molecule has 1 aromatic carbocycles. The number of likely N-dealkylation sites (tertiary alicyclic amines) is 1. The van der Waals surface area contributed by atoms with Crippen LogP contribution in [0.25, 0.3) is 21.1 Å². The summed E-state index contributed by atoms with van der Waals surface area (Å²) in [5, 5.41) is 3.54. The number of ether oxygens (including phenoxy) is 3. The van der Waals surface area contributed by atoms with E-state index in [-0.39, 0.29) is 18.5 Å². The number of rotatable bonds is 6. The lowest BCUT2D eigenvalue weighted by molar-refractivity contribution is -0.263. The van der Waals surface area contributed by atoms with Crippen molar-refractivity contribution in [1.82, 2.24) is 19.8 Å². The molecular formula is C27H26N4O5S. The minimum atomic E-state index is -1.05. The highest BCUT2D eigenvalue weighted by atomic mass is 32.1. The number of terminal acetylenes is 1. The third kappa shape index (κ3) is 4.31. The Morgan fingerprint density at radius 3 is 2.78 bits per heavy atom.